The second-order valence-electron chi connectivity index (χ2n) is 2.89. The lowest BCUT2D eigenvalue weighted by Crippen LogP contribution is -2.47. The molecule has 2 amide bonds. The molecule has 4 N–H and O–H groups in total. The van der Waals surface area contributed by atoms with E-state index in [0.29, 0.717) is 19.5 Å². The summed E-state index contributed by atoms with van der Waals surface area (Å²) in [6.07, 6.45) is 0.377. The van der Waals surface area contributed by atoms with Gasteiger partial charge in [-0.2, -0.15) is 0 Å². The predicted octanol–water partition coefficient (Wildman–Crippen LogP) is -0.550. The molecule has 14 heavy (non-hydrogen) atoms. The molecule has 0 aromatic rings. The molecule has 0 rings (SSSR count). The third-order valence-corrected chi connectivity index (χ3v) is 1.88. The summed E-state index contributed by atoms with van der Waals surface area (Å²) in [5, 5.41) is 11.3. The molecule has 0 spiro atoms. The van der Waals surface area contributed by atoms with Gasteiger partial charge in [0.25, 0.3) is 0 Å². The van der Waals surface area contributed by atoms with E-state index in [2.05, 4.69) is 5.32 Å². The normalized spacial score (nSPS) is 11.9. The van der Waals surface area contributed by atoms with E-state index >= 15 is 0 Å². The summed E-state index contributed by atoms with van der Waals surface area (Å²) in [7, 11) is 1.45. The number of amides is 2. The minimum atomic E-state index is -1.00. The van der Waals surface area contributed by atoms with E-state index in [1.807, 2.05) is 0 Å². The van der Waals surface area contributed by atoms with Crippen LogP contribution in [0.4, 0.5) is 4.79 Å². The largest absolute Gasteiger partial charge is 0.480 e. The van der Waals surface area contributed by atoms with Crippen molar-refractivity contribution in [2.24, 2.45) is 5.73 Å². The first-order valence-corrected chi connectivity index (χ1v) is 4.48. The summed E-state index contributed by atoms with van der Waals surface area (Å²) in [5.74, 6) is -1.00. The molecule has 0 aliphatic heterocycles. The highest BCUT2D eigenvalue weighted by Gasteiger charge is 2.23. The standard InChI is InChI=1S/C8H17N3O3/c1-3-6(7(12)13)11(2)8(14)10-5-4-9/h6H,3-5,9H2,1-2H3,(H,10,14)(H,12,13). The molecule has 1 atom stereocenters. The van der Waals surface area contributed by atoms with Crippen molar-refractivity contribution in [1.82, 2.24) is 10.2 Å². The van der Waals surface area contributed by atoms with Crippen LogP contribution in [0, 0.1) is 0 Å². The number of carbonyl (C=O) groups excluding carboxylic acids is 1. The number of carboxylic acid groups (broad SMARTS) is 1. The van der Waals surface area contributed by atoms with Crippen LogP contribution in [0.1, 0.15) is 13.3 Å². The van der Waals surface area contributed by atoms with Crippen LogP contribution >= 0.6 is 0 Å². The Morgan fingerprint density at radius 1 is 1.57 bits per heavy atom. The highest BCUT2D eigenvalue weighted by Crippen LogP contribution is 2.01. The number of urea groups is 1. The van der Waals surface area contributed by atoms with Crippen LogP contribution in [0.25, 0.3) is 0 Å². The lowest BCUT2D eigenvalue weighted by molar-refractivity contribution is -0.141. The van der Waals surface area contributed by atoms with Crippen molar-refractivity contribution in [3.8, 4) is 0 Å². The molecule has 82 valence electrons. The third kappa shape index (κ3) is 3.61. The third-order valence-electron chi connectivity index (χ3n) is 1.88. The number of carboxylic acids is 1. The van der Waals surface area contributed by atoms with E-state index in [1.54, 1.807) is 6.92 Å². The molecule has 0 bridgehead atoms. The summed E-state index contributed by atoms with van der Waals surface area (Å²) in [6, 6.07) is -1.20. The van der Waals surface area contributed by atoms with Crippen LogP contribution < -0.4 is 11.1 Å². The quantitative estimate of drug-likeness (QED) is 0.558. The Balaban J connectivity index is 4.20. The number of hydrogen-bond donors (Lipinski definition) is 3. The fourth-order valence-electron chi connectivity index (χ4n) is 1.06. The Labute approximate surface area is 83.1 Å². The van der Waals surface area contributed by atoms with E-state index in [0.717, 1.165) is 4.90 Å². The summed E-state index contributed by atoms with van der Waals surface area (Å²) in [4.78, 5) is 23.2. The van der Waals surface area contributed by atoms with E-state index in [1.165, 1.54) is 7.05 Å². The smallest absolute Gasteiger partial charge is 0.326 e. The van der Waals surface area contributed by atoms with Crippen molar-refractivity contribution in [3.63, 3.8) is 0 Å². The van der Waals surface area contributed by atoms with Gasteiger partial charge in [-0.05, 0) is 6.42 Å². The van der Waals surface area contributed by atoms with Gasteiger partial charge in [-0.25, -0.2) is 9.59 Å². The molecule has 0 heterocycles. The van der Waals surface area contributed by atoms with Gasteiger partial charge < -0.3 is 21.1 Å². The van der Waals surface area contributed by atoms with Crippen LogP contribution in [-0.4, -0.2) is 48.2 Å². The molecule has 0 radical (unpaired) electrons. The summed E-state index contributed by atoms with van der Waals surface area (Å²) >= 11 is 0. The number of aliphatic carboxylic acids is 1. The van der Waals surface area contributed by atoms with Gasteiger partial charge in [0.05, 0.1) is 0 Å². The Kier molecular flexibility index (Phi) is 5.62. The second kappa shape index (κ2) is 6.20. The van der Waals surface area contributed by atoms with Crippen molar-refractivity contribution < 1.29 is 14.7 Å². The minimum absolute atomic E-state index is 0.337. The van der Waals surface area contributed by atoms with E-state index in [4.69, 9.17) is 10.8 Å². The Morgan fingerprint density at radius 3 is 2.50 bits per heavy atom. The fourth-order valence-corrected chi connectivity index (χ4v) is 1.06. The summed E-state index contributed by atoms with van der Waals surface area (Å²) < 4.78 is 0. The number of hydrogen-bond acceptors (Lipinski definition) is 3. The van der Waals surface area contributed by atoms with Crippen LogP contribution in [-0.2, 0) is 4.79 Å². The molecule has 0 fully saturated rings. The lowest BCUT2D eigenvalue weighted by atomic mass is 10.2. The molecular weight excluding hydrogens is 186 g/mol. The summed E-state index contributed by atoms with van der Waals surface area (Å²) in [6.45, 7) is 2.40. The molecule has 1 unspecified atom stereocenters. The average molecular weight is 203 g/mol. The zero-order valence-corrected chi connectivity index (χ0v) is 8.49. The van der Waals surface area contributed by atoms with E-state index < -0.39 is 18.0 Å². The summed E-state index contributed by atoms with van der Waals surface area (Å²) in [5.41, 5.74) is 5.20. The highest BCUT2D eigenvalue weighted by molar-refractivity contribution is 5.82. The number of carbonyl (C=O) groups is 2. The van der Waals surface area contributed by atoms with Crippen LogP contribution in [0.2, 0.25) is 0 Å². The SMILES string of the molecule is CCC(C(=O)O)N(C)C(=O)NCCN. The number of likely N-dealkylation sites (N-methyl/N-ethyl adjacent to an activating group) is 1. The van der Waals surface area contributed by atoms with E-state index in [-0.39, 0.29) is 0 Å². The number of nitrogens with zero attached hydrogens (tertiary/aromatic N) is 1. The predicted molar refractivity (Wildman–Crippen MR) is 51.9 cm³/mol. The van der Waals surface area contributed by atoms with E-state index in [9.17, 15) is 9.59 Å². The van der Waals surface area contributed by atoms with Gasteiger partial charge in [-0.1, -0.05) is 6.92 Å². The monoisotopic (exact) mass is 203 g/mol. The van der Waals surface area contributed by atoms with Gasteiger partial charge in [0, 0.05) is 20.1 Å². The van der Waals surface area contributed by atoms with Crippen molar-refractivity contribution in [2.75, 3.05) is 20.1 Å². The van der Waals surface area contributed by atoms with Crippen LogP contribution in [0.5, 0.6) is 0 Å². The van der Waals surface area contributed by atoms with Crippen molar-refractivity contribution in [3.05, 3.63) is 0 Å². The second-order valence-corrected chi connectivity index (χ2v) is 2.89. The van der Waals surface area contributed by atoms with Crippen LogP contribution in [0.15, 0.2) is 0 Å². The first-order chi connectivity index (χ1) is 6.54. The molecular formula is C8H17N3O3. The number of nitrogens with two attached hydrogens (primary N) is 1. The number of nitrogens with one attached hydrogen (secondary N) is 1. The molecule has 0 aliphatic rings. The minimum Gasteiger partial charge on any atom is -0.480 e. The molecule has 0 saturated carbocycles. The fraction of sp³-hybridized carbons (Fsp3) is 0.750. The van der Waals surface area contributed by atoms with Gasteiger partial charge >= 0.3 is 12.0 Å². The lowest BCUT2D eigenvalue weighted by Gasteiger charge is -2.23. The molecule has 6 nitrogen and oxygen atoms in total. The maximum Gasteiger partial charge on any atom is 0.326 e. The first-order valence-electron chi connectivity index (χ1n) is 4.48. The van der Waals surface area contributed by atoms with Gasteiger partial charge in [-0.3, -0.25) is 0 Å². The van der Waals surface area contributed by atoms with Gasteiger partial charge in [0.2, 0.25) is 0 Å². The van der Waals surface area contributed by atoms with Crippen molar-refractivity contribution in [1.29, 1.82) is 0 Å². The highest BCUT2D eigenvalue weighted by atomic mass is 16.4. The van der Waals surface area contributed by atoms with Gasteiger partial charge in [-0.15, -0.1) is 0 Å². The number of rotatable bonds is 5. The average Bonchev–Trinajstić information content (AvgIpc) is 2.14. The molecule has 0 aliphatic carbocycles. The maximum atomic E-state index is 11.3. The topological polar surface area (TPSA) is 95.7 Å². The van der Waals surface area contributed by atoms with Crippen molar-refractivity contribution in [2.45, 2.75) is 19.4 Å². The molecule has 6 heteroatoms. The zero-order chi connectivity index (χ0) is 11.1. The Hall–Kier alpha value is -1.30. The molecule has 0 aromatic heterocycles. The maximum absolute atomic E-state index is 11.3. The first kappa shape index (κ1) is 12.7. The van der Waals surface area contributed by atoms with Gasteiger partial charge in [0.1, 0.15) is 6.04 Å². The Morgan fingerprint density at radius 2 is 2.14 bits per heavy atom. The van der Waals surface area contributed by atoms with Crippen LogP contribution in [0.3, 0.4) is 0 Å². The van der Waals surface area contributed by atoms with Crippen molar-refractivity contribution >= 4 is 12.0 Å². The zero-order valence-electron chi connectivity index (χ0n) is 8.49. The molecule has 0 aromatic carbocycles. The molecule has 0 saturated heterocycles. The Bertz CT molecular complexity index is 208. The van der Waals surface area contributed by atoms with Gasteiger partial charge in [0.15, 0.2) is 0 Å².